The summed E-state index contributed by atoms with van der Waals surface area (Å²) in [4.78, 5) is 0. The highest BCUT2D eigenvalue weighted by molar-refractivity contribution is 7.79. The maximum atomic E-state index is 7.57. The quantitative estimate of drug-likeness (QED) is 0.619. The second kappa shape index (κ2) is 7.63. The monoisotopic (exact) mass is 170 g/mol. The molecule has 0 aliphatic heterocycles. The molecule has 0 heterocycles. The molecule has 1 aromatic carbocycles. The molecule has 0 aromatic heterocycles. The third-order valence-electron chi connectivity index (χ3n) is 1.03. The Hall–Kier alpha value is -0.470. The maximum absolute atomic E-state index is 7.57. The Kier molecular flexibility index (Phi) is 7.31. The van der Waals surface area contributed by atoms with Crippen molar-refractivity contribution in [3.8, 4) is 0 Å². The molecule has 1 nitrogen and oxygen atoms in total. The van der Waals surface area contributed by atoms with Gasteiger partial charge in [-0.3, -0.25) is 0 Å². The predicted octanol–water partition coefficient (Wildman–Crippen LogP) is 2.11. The molecule has 2 heteroatoms. The van der Waals surface area contributed by atoms with E-state index >= 15 is 0 Å². The first-order valence-corrected chi connectivity index (χ1v) is 4.24. The van der Waals surface area contributed by atoms with Gasteiger partial charge in [0.25, 0.3) is 0 Å². The van der Waals surface area contributed by atoms with Crippen LogP contribution in [0.25, 0.3) is 0 Å². The molecular formula is C9H14OS. The average Bonchev–Trinajstić information content (AvgIpc) is 2.08. The van der Waals surface area contributed by atoms with Crippen molar-refractivity contribution in [3.05, 3.63) is 35.9 Å². The van der Waals surface area contributed by atoms with Gasteiger partial charge < -0.3 is 5.11 Å². The standard InChI is InChI=1S/C7H8S.C2H6O/c8-6-7-4-2-1-3-5-7;1-2-3/h1-5,8H,6H2;3H,2H2,1H3. The molecule has 1 N–H and O–H groups in total. The molecule has 11 heavy (non-hydrogen) atoms. The van der Waals surface area contributed by atoms with Crippen molar-refractivity contribution in [2.75, 3.05) is 6.61 Å². The zero-order valence-electron chi connectivity index (χ0n) is 6.70. The fraction of sp³-hybridized carbons (Fsp3) is 0.333. The van der Waals surface area contributed by atoms with Gasteiger partial charge in [-0.1, -0.05) is 30.3 Å². The lowest BCUT2D eigenvalue weighted by atomic mass is 10.2. The molecular weight excluding hydrogens is 156 g/mol. The van der Waals surface area contributed by atoms with E-state index in [1.807, 2.05) is 18.2 Å². The summed E-state index contributed by atoms with van der Waals surface area (Å²) in [5.74, 6) is 0.834. The number of hydrogen-bond acceptors (Lipinski definition) is 2. The third-order valence-corrected chi connectivity index (χ3v) is 1.39. The van der Waals surface area contributed by atoms with E-state index in [9.17, 15) is 0 Å². The first-order valence-electron chi connectivity index (χ1n) is 3.60. The van der Waals surface area contributed by atoms with Gasteiger partial charge in [0.1, 0.15) is 0 Å². The van der Waals surface area contributed by atoms with E-state index in [1.165, 1.54) is 5.56 Å². The van der Waals surface area contributed by atoms with E-state index in [0.29, 0.717) is 0 Å². The number of thiol groups is 1. The van der Waals surface area contributed by atoms with Crippen LogP contribution in [-0.2, 0) is 5.75 Å². The van der Waals surface area contributed by atoms with Crippen LogP contribution in [0, 0.1) is 0 Å². The van der Waals surface area contributed by atoms with Crippen LogP contribution in [0.15, 0.2) is 30.3 Å². The lowest BCUT2D eigenvalue weighted by Gasteiger charge is -1.89. The fourth-order valence-corrected chi connectivity index (χ4v) is 0.794. The predicted molar refractivity (Wildman–Crippen MR) is 51.9 cm³/mol. The molecule has 0 bridgehead atoms. The van der Waals surface area contributed by atoms with Gasteiger partial charge >= 0.3 is 0 Å². The molecule has 0 saturated heterocycles. The van der Waals surface area contributed by atoms with Crippen molar-refractivity contribution in [2.24, 2.45) is 0 Å². The molecule has 62 valence electrons. The lowest BCUT2D eigenvalue weighted by Crippen LogP contribution is -1.71. The number of aliphatic hydroxyl groups is 1. The van der Waals surface area contributed by atoms with Crippen molar-refractivity contribution in [1.29, 1.82) is 0 Å². The zero-order valence-corrected chi connectivity index (χ0v) is 7.59. The highest BCUT2D eigenvalue weighted by Gasteiger charge is 1.80. The van der Waals surface area contributed by atoms with Crippen molar-refractivity contribution >= 4 is 12.6 Å². The van der Waals surface area contributed by atoms with Crippen LogP contribution in [0.4, 0.5) is 0 Å². The van der Waals surface area contributed by atoms with Gasteiger partial charge in [-0.25, -0.2) is 0 Å². The maximum Gasteiger partial charge on any atom is 0.0402 e. The van der Waals surface area contributed by atoms with Crippen molar-refractivity contribution in [1.82, 2.24) is 0 Å². The van der Waals surface area contributed by atoms with Gasteiger partial charge in [0.15, 0.2) is 0 Å². The first kappa shape index (κ1) is 10.5. The van der Waals surface area contributed by atoms with Crippen LogP contribution >= 0.6 is 12.6 Å². The summed E-state index contributed by atoms with van der Waals surface area (Å²) >= 11 is 4.11. The van der Waals surface area contributed by atoms with Gasteiger partial charge in [0.2, 0.25) is 0 Å². The molecule has 1 aromatic rings. The van der Waals surface area contributed by atoms with Crippen LogP contribution in [0.2, 0.25) is 0 Å². The summed E-state index contributed by atoms with van der Waals surface area (Å²) < 4.78 is 0. The Bertz CT molecular complexity index is 162. The van der Waals surface area contributed by atoms with E-state index in [-0.39, 0.29) is 6.61 Å². The Morgan fingerprint density at radius 2 is 1.73 bits per heavy atom. The molecule has 0 unspecified atom stereocenters. The van der Waals surface area contributed by atoms with E-state index < -0.39 is 0 Å². The fourth-order valence-electron chi connectivity index (χ4n) is 0.583. The van der Waals surface area contributed by atoms with Crippen molar-refractivity contribution in [3.63, 3.8) is 0 Å². The Balaban J connectivity index is 0.000000292. The SMILES string of the molecule is CCO.SCc1ccccc1. The molecule has 0 aliphatic carbocycles. The summed E-state index contributed by atoms with van der Waals surface area (Å²) in [5.41, 5.74) is 1.27. The summed E-state index contributed by atoms with van der Waals surface area (Å²) in [6, 6.07) is 10.2. The number of benzene rings is 1. The molecule has 0 amide bonds. The molecule has 0 aliphatic rings. The van der Waals surface area contributed by atoms with Gasteiger partial charge in [-0.05, 0) is 12.5 Å². The van der Waals surface area contributed by atoms with Crippen molar-refractivity contribution < 1.29 is 5.11 Å². The minimum atomic E-state index is 0.250. The van der Waals surface area contributed by atoms with Crippen LogP contribution in [0.5, 0.6) is 0 Å². The summed E-state index contributed by atoms with van der Waals surface area (Å²) in [6.45, 7) is 1.93. The Morgan fingerprint density at radius 3 is 2.00 bits per heavy atom. The molecule has 1 rings (SSSR count). The van der Waals surface area contributed by atoms with E-state index in [2.05, 4.69) is 24.8 Å². The topological polar surface area (TPSA) is 20.2 Å². The third kappa shape index (κ3) is 5.95. The zero-order chi connectivity index (χ0) is 8.53. The lowest BCUT2D eigenvalue weighted by molar-refractivity contribution is 0.318. The van der Waals surface area contributed by atoms with E-state index in [4.69, 9.17) is 5.11 Å². The first-order chi connectivity index (χ1) is 5.35. The van der Waals surface area contributed by atoms with Gasteiger partial charge in [-0.15, -0.1) is 0 Å². The molecule has 0 saturated carbocycles. The Labute approximate surface area is 73.5 Å². The van der Waals surface area contributed by atoms with Crippen LogP contribution in [0.1, 0.15) is 12.5 Å². The summed E-state index contributed by atoms with van der Waals surface area (Å²) in [7, 11) is 0. The minimum Gasteiger partial charge on any atom is -0.397 e. The van der Waals surface area contributed by atoms with Crippen molar-refractivity contribution in [2.45, 2.75) is 12.7 Å². The second-order valence-electron chi connectivity index (χ2n) is 1.96. The second-order valence-corrected chi connectivity index (χ2v) is 2.28. The largest absolute Gasteiger partial charge is 0.397 e. The smallest absolute Gasteiger partial charge is 0.0402 e. The normalized spacial score (nSPS) is 8.27. The van der Waals surface area contributed by atoms with E-state index in [1.54, 1.807) is 6.92 Å². The van der Waals surface area contributed by atoms with Crippen LogP contribution < -0.4 is 0 Å². The van der Waals surface area contributed by atoms with Crippen LogP contribution in [0.3, 0.4) is 0 Å². The molecule has 0 radical (unpaired) electrons. The average molecular weight is 170 g/mol. The van der Waals surface area contributed by atoms with E-state index in [0.717, 1.165) is 5.75 Å². The van der Waals surface area contributed by atoms with Gasteiger partial charge in [0, 0.05) is 12.4 Å². The van der Waals surface area contributed by atoms with Gasteiger partial charge in [0.05, 0.1) is 0 Å². The summed E-state index contributed by atoms with van der Waals surface area (Å²) in [6.07, 6.45) is 0. The summed E-state index contributed by atoms with van der Waals surface area (Å²) in [5, 5.41) is 7.57. The highest BCUT2D eigenvalue weighted by Crippen LogP contribution is 2.00. The highest BCUT2D eigenvalue weighted by atomic mass is 32.1. The molecule has 0 spiro atoms. The van der Waals surface area contributed by atoms with Crippen LogP contribution in [-0.4, -0.2) is 11.7 Å². The number of rotatable bonds is 1. The molecule has 0 fully saturated rings. The number of aliphatic hydroxyl groups excluding tert-OH is 1. The van der Waals surface area contributed by atoms with Gasteiger partial charge in [-0.2, -0.15) is 12.6 Å². The molecule has 0 atom stereocenters. The number of hydrogen-bond donors (Lipinski definition) is 2. The minimum absolute atomic E-state index is 0.250. The Morgan fingerprint density at radius 1 is 1.27 bits per heavy atom.